The molecule has 5 nitrogen and oxygen atoms in total. The minimum atomic E-state index is -0.320. The molecule has 2 N–H and O–H groups in total. The maximum Gasteiger partial charge on any atom is 0.259 e. The van der Waals surface area contributed by atoms with Gasteiger partial charge in [-0.05, 0) is 57.0 Å². The monoisotopic (exact) mass is 458 g/mol. The highest BCUT2D eigenvalue weighted by molar-refractivity contribution is 9.10. The maximum absolute atomic E-state index is 13.0. The van der Waals surface area contributed by atoms with Crippen molar-refractivity contribution in [1.29, 1.82) is 0 Å². The Labute approximate surface area is 180 Å². The van der Waals surface area contributed by atoms with Crippen LogP contribution in [0, 0.1) is 0 Å². The van der Waals surface area contributed by atoms with Crippen molar-refractivity contribution in [3.05, 3.63) is 58.1 Å². The summed E-state index contributed by atoms with van der Waals surface area (Å²) < 4.78 is 6.56. The summed E-state index contributed by atoms with van der Waals surface area (Å²) in [6, 6.07) is 12.6. The first-order valence-electron chi connectivity index (χ1n) is 10.1. The summed E-state index contributed by atoms with van der Waals surface area (Å²) >= 11 is 3.41. The normalized spacial score (nSPS) is 14.5. The second-order valence-electron chi connectivity index (χ2n) is 7.62. The van der Waals surface area contributed by atoms with E-state index in [4.69, 9.17) is 4.74 Å². The highest BCUT2D eigenvalue weighted by atomic mass is 79.9. The number of carbonyl (C=O) groups is 2. The van der Waals surface area contributed by atoms with Crippen LogP contribution in [0.15, 0.2) is 46.9 Å². The fraction of sp³-hybridized carbons (Fsp3) is 0.391. The summed E-state index contributed by atoms with van der Waals surface area (Å²) in [5.74, 6) is 0.0328. The molecule has 0 heterocycles. The summed E-state index contributed by atoms with van der Waals surface area (Å²) in [5, 5.41) is 6.00. The molecule has 154 valence electrons. The zero-order chi connectivity index (χ0) is 20.8. The van der Waals surface area contributed by atoms with Crippen LogP contribution in [0.5, 0.6) is 5.75 Å². The van der Waals surface area contributed by atoms with Gasteiger partial charge in [0, 0.05) is 10.5 Å². The number of ether oxygens (including phenoxy) is 1. The Morgan fingerprint density at radius 2 is 1.72 bits per heavy atom. The van der Waals surface area contributed by atoms with E-state index < -0.39 is 0 Å². The number of benzene rings is 2. The quantitative estimate of drug-likeness (QED) is 0.595. The van der Waals surface area contributed by atoms with E-state index in [1.165, 1.54) is 6.42 Å². The predicted molar refractivity (Wildman–Crippen MR) is 119 cm³/mol. The average molecular weight is 459 g/mol. The molecule has 0 spiro atoms. The van der Waals surface area contributed by atoms with Crippen LogP contribution in [0.4, 0.5) is 5.69 Å². The Bertz CT molecular complexity index is 876. The molecule has 0 unspecified atom stereocenters. The third-order valence-electron chi connectivity index (χ3n) is 4.91. The molecule has 29 heavy (non-hydrogen) atoms. The van der Waals surface area contributed by atoms with Crippen molar-refractivity contribution in [2.24, 2.45) is 0 Å². The molecular weight excluding hydrogens is 432 g/mol. The lowest BCUT2D eigenvalue weighted by Gasteiger charge is -2.23. The van der Waals surface area contributed by atoms with Crippen LogP contribution in [0.2, 0.25) is 0 Å². The molecule has 0 atom stereocenters. The third-order valence-corrected chi connectivity index (χ3v) is 5.40. The van der Waals surface area contributed by atoms with E-state index in [0.29, 0.717) is 22.6 Å². The Morgan fingerprint density at radius 1 is 1.00 bits per heavy atom. The number of halogens is 1. The van der Waals surface area contributed by atoms with Gasteiger partial charge in [0.1, 0.15) is 5.75 Å². The Balaban J connectivity index is 1.79. The number of nitrogens with one attached hydrogen (secondary N) is 2. The molecule has 1 aliphatic rings. The van der Waals surface area contributed by atoms with Crippen molar-refractivity contribution in [2.45, 2.75) is 58.1 Å². The zero-order valence-corrected chi connectivity index (χ0v) is 18.4. The van der Waals surface area contributed by atoms with Gasteiger partial charge in [0.05, 0.1) is 22.9 Å². The van der Waals surface area contributed by atoms with Gasteiger partial charge in [-0.3, -0.25) is 9.59 Å². The van der Waals surface area contributed by atoms with Crippen LogP contribution >= 0.6 is 15.9 Å². The molecule has 1 fully saturated rings. The van der Waals surface area contributed by atoms with E-state index in [1.807, 2.05) is 19.9 Å². The molecule has 1 saturated carbocycles. The van der Waals surface area contributed by atoms with E-state index in [-0.39, 0.29) is 24.0 Å². The molecular formula is C23H27BrN2O3. The van der Waals surface area contributed by atoms with Crippen LogP contribution in [0.25, 0.3) is 0 Å². The van der Waals surface area contributed by atoms with Crippen LogP contribution in [-0.4, -0.2) is 24.0 Å². The summed E-state index contributed by atoms with van der Waals surface area (Å²) in [6.07, 6.45) is 5.47. The molecule has 1 aliphatic carbocycles. The largest absolute Gasteiger partial charge is 0.490 e. The summed E-state index contributed by atoms with van der Waals surface area (Å²) in [6.45, 7) is 3.82. The topological polar surface area (TPSA) is 67.4 Å². The van der Waals surface area contributed by atoms with Crippen molar-refractivity contribution < 1.29 is 14.3 Å². The lowest BCUT2D eigenvalue weighted by Crippen LogP contribution is -2.36. The summed E-state index contributed by atoms with van der Waals surface area (Å²) in [4.78, 5) is 25.8. The number of hydrogen-bond donors (Lipinski definition) is 2. The fourth-order valence-electron chi connectivity index (χ4n) is 3.53. The minimum Gasteiger partial charge on any atom is -0.490 e. The average Bonchev–Trinajstić information content (AvgIpc) is 2.70. The zero-order valence-electron chi connectivity index (χ0n) is 16.8. The van der Waals surface area contributed by atoms with Gasteiger partial charge < -0.3 is 15.4 Å². The first-order chi connectivity index (χ1) is 13.9. The molecule has 2 amide bonds. The maximum atomic E-state index is 13.0. The van der Waals surface area contributed by atoms with Gasteiger partial charge in [0.25, 0.3) is 11.8 Å². The van der Waals surface area contributed by atoms with E-state index >= 15 is 0 Å². The highest BCUT2D eigenvalue weighted by Gasteiger charge is 2.21. The molecule has 0 bridgehead atoms. The molecule has 0 radical (unpaired) electrons. The first-order valence-corrected chi connectivity index (χ1v) is 10.9. The Hall–Kier alpha value is -2.34. The standard InChI is InChI=1S/C23H27BrN2O3/c1-15(2)29-21-13-12-16(24)14-19(21)23(28)26-20-11-7-6-10-18(20)22(27)25-17-8-4-3-5-9-17/h6-7,10-15,17H,3-5,8-9H2,1-2H3,(H,25,27)(H,26,28). The Kier molecular flexibility index (Phi) is 7.31. The van der Waals surface area contributed by atoms with Crippen molar-refractivity contribution in [2.75, 3.05) is 5.32 Å². The number of carbonyl (C=O) groups excluding carboxylic acids is 2. The van der Waals surface area contributed by atoms with Crippen LogP contribution < -0.4 is 15.4 Å². The number of anilines is 1. The van der Waals surface area contributed by atoms with Gasteiger partial charge in [0.2, 0.25) is 0 Å². The second kappa shape index (κ2) is 9.92. The van der Waals surface area contributed by atoms with Crippen molar-refractivity contribution in [3.63, 3.8) is 0 Å². The molecule has 2 aromatic carbocycles. The number of rotatable bonds is 6. The van der Waals surface area contributed by atoms with E-state index in [2.05, 4.69) is 26.6 Å². The summed E-state index contributed by atoms with van der Waals surface area (Å²) in [7, 11) is 0. The lowest BCUT2D eigenvalue weighted by atomic mass is 9.95. The van der Waals surface area contributed by atoms with Gasteiger partial charge in [-0.25, -0.2) is 0 Å². The van der Waals surface area contributed by atoms with Gasteiger partial charge >= 0.3 is 0 Å². The smallest absolute Gasteiger partial charge is 0.259 e. The van der Waals surface area contributed by atoms with Crippen LogP contribution in [0.3, 0.4) is 0 Å². The van der Waals surface area contributed by atoms with Gasteiger partial charge in [-0.2, -0.15) is 0 Å². The molecule has 0 saturated heterocycles. The van der Waals surface area contributed by atoms with Crippen molar-refractivity contribution >= 4 is 33.4 Å². The molecule has 6 heteroatoms. The SMILES string of the molecule is CC(C)Oc1ccc(Br)cc1C(=O)Nc1ccccc1C(=O)NC1CCCCC1. The first kappa shape index (κ1) is 21.4. The van der Waals surface area contributed by atoms with Crippen LogP contribution in [0.1, 0.15) is 66.7 Å². The predicted octanol–water partition coefficient (Wildman–Crippen LogP) is 5.55. The Morgan fingerprint density at radius 3 is 2.45 bits per heavy atom. The highest BCUT2D eigenvalue weighted by Crippen LogP contribution is 2.26. The van der Waals surface area contributed by atoms with Crippen molar-refractivity contribution in [3.8, 4) is 5.75 Å². The number of para-hydroxylation sites is 1. The molecule has 2 aromatic rings. The van der Waals surface area contributed by atoms with E-state index in [9.17, 15) is 9.59 Å². The summed E-state index contributed by atoms with van der Waals surface area (Å²) in [5.41, 5.74) is 1.37. The van der Waals surface area contributed by atoms with E-state index in [0.717, 1.165) is 30.2 Å². The third kappa shape index (κ3) is 5.82. The second-order valence-corrected chi connectivity index (χ2v) is 8.53. The molecule has 0 aromatic heterocycles. The molecule has 3 rings (SSSR count). The minimum absolute atomic E-state index is 0.0590. The fourth-order valence-corrected chi connectivity index (χ4v) is 3.89. The van der Waals surface area contributed by atoms with Gasteiger partial charge in [0.15, 0.2) is 0 Å². The molecule has 0 aliphatic heterocycles. The number of amides is 2. The van der Waals surface area contributed by atoms with E-state index in [1.54, 1.807) is 36.4 Å². The number of hydrogen-bond acceptors (Lipinski definition) is 3. The van der Waals surface area contributed by atoms with Gasteiger partial charge in [-0.15, -0.1) is 0 Å². The van der Waals surface area contributed by atoms with Gasteiger partial charge in [-0.1, -0.05) is 47.3 Å². The lowest BCUT2D eigenvalue weighted by molar-refractivity contribution is 0.0928. The van der Waals surface area contributed by atoms with Crippen LogP contribution in [-0.2, 0) is 0 Å². The van der Waals surface area contributed by atoms with Crippen molar-refractivity contribution in [1.82, 2.24) is 5.32 Å².